The number of hydrogen-bond donors (Lipinski definition) is 1. The van der Waals surface area contributed by atoms with E-state index in [0.29, 0.717) is 27.7 Å². The monoisotopic (exact) mass is 401 g/mol. The Balaban J connectivity index is 1.84. The molecule has 0 saturated heterocycles. The Morgan fingerprint density at radius 1 is 1.07 bits per heavy atom. The first-order chi connectivity index (χ1) is 14.6. The van der Waals surface area contributed by atoms with Gasteiger partial charge in [-0.05, 0) is 42.8 Å². The normalized spacial score (nSPS) is 12.4. The van der Waals surface area contributed by atoms with E-state index in [4.69, 9.17) is 4.42 Å². The second kappa shape index (κ2) is 8.08. The summed E-state index contributed by atoms with van der Waals surface area (Å²) in [6, 6.07) is 19.0. The molecule has 2 aromatic heterocycles. The predicted molar refractivity (Wildman–Crippen MR) is 115 cm³/mol. The van der Waals surface area contributed by atoms with E-state index in [1.807, 2.05) is 43.3 Å². The van der Waals surface area contributed by atoms with Crippen molar-refractivity contribution in [3.63, 3.8) is 0 Å². The van der Waals surface area contributed by atoms with Gasteiger partial charge in [-0.15, -0.1) is 0 Å². The zero-order valence-corrected chi connectivity index (χ0v) is 16.2. The van der Waals surface area contributed by atoms with Gasteiger partial charge in [-0.3, -0.25) is 20.0 Å². The van der Waals surface area contributed by atoms with Crippen molar-refractivity contribution in [3.8, 4) is 17.0 Å². The Kier molecular flexibility index (Phi) is 5.17. The van der Waals surface area contributed by atoms with Crippen LogP contribution >= 0.6 is 0 Å². The van der Waals surface area contributed by atoms with E-state index in [2.05, 4.69) is 5.10 Å². The molecule has 30 heavy (non-hydrogen) atoms. The second-order valence-corrected chi connectivity index (χ2v) is 6.65. The predicted octanol–water partition coefficient (Wildman–Crippen LogP) is 3.35. The number of nitrogens with zero attached hydrogens (tertiary/aromatic N) is 2. The topological polar surface area (TPSA) is 94.1 Å². The third-order valence-corrected chi connectivity index (χ3v) is 4.66. The highest BCUT2D eigenvalue weighted by molar-refractivity contribution is 5.70. The first-order valence-corrected chi connectivity index (χ1v) is 9.50. The largest absolute Gasteiger partial charge is 0.456 e. The number of H-pyrrole nitrogens is 1. The van der Waals surface area contributed by atoms with Gasteiger partial charge in [-0.2, -0.15) is 0 Å². The van der Waals surface area contributed by atoms with Crippen LogP contribution in [0.25, 0.3) is 29.2 Å². The van der Waals surface area contributed by atoms with E-state index < -0.39 is 4.92 Å². The maximum atomic E-state index is 13.0. The van der Waals surface area contributed by atoms with E-state index in [-0.39, 0.29) is 11.2 Å². The molecule has 2 aromatic carbocycles. The highest BCUT2D eigenvalue weighted by Gasteiger charge is 2.17. The van der Waals surface area contributed by atoms with Gasteiger partial charge in [0.2, 0.25) is 0 Å². The Labute approximate surface area is 171 Å². The highest BCUT2D eigenvalue weighted by atomic mass is 16.6. The van der Waals surface area contributed by atoms with Crippen LogP contribution in [0.2, 0.25) is 0 Å². The fourth-order valence-corrected chi connectivity index (χ4v) is 3.28. The van der Waals surface area contributed by atoms with Crippen LogP contribution in [-0.4, -0.2) is 14.7 Å². The minimum Gasteiger partial charge on any atom is -0.456 e. The van der Waals surface area contributed by atoms with Crippen LogP contribution < -0.4 is 16.1 Å². The van der Waals surface area contributed by atoms with Crippen LogP contribution in [0.4, 0.5) is 5.69 Å². The minimum atomic E-state index is -0.444. The first-order valence-electron chi connectivity index (χ1n) is 9.50. The molecule has 150 valence electrons. The number of aromatic nitrogens is 2. The van der Waals surface area contributed by atoms with E-state index in [1.165, 1.54) is 10.7 Å². The zero-order valence-electron chi connectivity index (χ0n) is 16.2. The molecule has 0 unspecified atom stereocenters. The first kappa shape index (κ1) is 19.2. The Morgan fingerprint density at radius 3 is 2.53 bits per heavy atom. The Morgan fingerprint density at radius 2 is 1.80 bits per heavy atom. The lowest BCUT2D eigenvalue weighted by Crippen LogP contribution is -2.34. The van der Waals surface area contributed by atoms with Crippen molar-refractivity contribution in [1.82, 2.24) is 9.78 Å². The molecule has 2 heterocycles. The second-order valence-electron chi connectivity index (χ2n) is 6.65. The molecule has 4 aromatic rings. The van der Waals surface area contributed by atoms with Gasteiger partial charge in [0, 0.05) is 6.07 Å². The molecule has 4 rings (SSSR count). The molecule has 0 aliphatic heterocycles. The summed E-state index contributed by atoms with van der Waals surface area (Å²) in [5.74, 6) is 0.804. The standard InChI is InChI=1S/C23H19N3O4/c1-2-8-20-19(23(27)25(24-20)16-9-4-3-5-10-16)15-17-13-14-22(30-17)18-11-6-7-12-21(18)26(28)29/h3-15,24H,2H2,1H3. The van der Waals surface area contributed by atoms with E-state index in [9.17, 15) is 14.9 Å². The molecule has 0 radical (unpaired) electrons. The average molecular weight is 401 g/mol. The number of nitro groups is 1. The fraction of sp³-hybridized carbons (Fsp3) is 0.0870. The molecule has 0 bridgehead atoms. The molecule has 0 atom stereocenters. The number of rotatable bonds is 5. The van der Waals surface area contributed by atoms with Crippen LogP contribution in [0.5, 0.6) is 0 Å². The number of para-hydroxylation sites is 2. The Hall–Kier alpha value is -4.13. The summed E-state index contributed by atoms with van der Waals surface area (Å²) < 4.78 is 7.32. The van der Waals surface area contributed by atoms with Gasteiger partial charge in [0.1, 0.15) is 11.5 Å². The van der Waals surface area contributed by atoms with Gasteiger partial charge in [-0.25, -0.2) is 4.68 Å². The third kappa shape index (κ3) is 3.60. The summed E-state index contributed by atoms with van der Waals surface area (Å²) in [6.07, 6.45) is 4.33. The molecule has 0 aliphatic carbocycles. The van der Waals surface area contributed by atoms with Crippen molar-refractivity contribution in [2.75, 3.05) is 0 Å². The van der Waals surface area contributed by atoms with Crippen LogP contribution in [0.15, 0.2) is 75.9 Å². The van der Waals surface area contributed by atoms with Crippen molar-refractivity contribution in [2.45, 2.75) is 13.3 Å². The van der Waals surface area contributed by atoms with E-state index in [1.54, 1.807) is 36.4 Å². The average Bonchev–Trinajstić information content (AvgIpc) is 3.35. The smallest absolute Gasteiger partial charge is 0.280 e. The molecule has 7 nitrogen and oxygen atoms in total. The van der Waals surface area contributed by atoms with Crippen LogP contribution in [-0.2, 0) is 0 Å². The minimum absolute atomic E-state index is 0.0357. The lowest BCUT2D eigenvalue weighted by molar-refractivity contribution is -0.384. The van der Waals surface area contributed by atoms with Gasteiger partial charge in [0.25, 0.3) is 11.2 Å². The highest BCUT2D eigenvalue weighted by Crippen LogP contribution is 2.30. The fourth-order valence-electron chi connectivity index (χ4n) is 3.28. The molecule has 7 heteroatoms. The van der Waals surface area contributed by atoms with Crippen molar-refractivity contribution < 1.29 is 9.34 Å². The van der Waals surface area contributed by atoms with Crippen LogP contribution in [0, 0.1) is 10.1 Å². The molecule has 0 fully saturated rings. The van der Waals surface area contributed by atoms with E-state index in [0.717, 1.165) is 12.1 Å². The third-order valence-electron chi connectivity index (χ3n) is 4.66. The summed E-state index contributed by atoms with van der Waals surface area (Å²) in [5.41, 5.74) is 0.877. The Bertz CT molecular complexity index is 1380. The van der Waals surface area contributed by atoms with Crippen molar-refractivity contribution in [3.05, 3.63) is 104 Å². The molecule has 0 aliphatic rings. The number of furan rings is 1. The number of aromatic amines is 1. The van der Waals surface area contributed by atoms with Gasteiger partial charge in [-0.1, -0.05) is 43.3 Å². The van der Waals surface area contributed by atoms with Crippen LogP contribution in [0.1, 0.15) is 19.1 Å². The van der Waals surface area contributed by atoms with Crippen molar-refractivity contribution in [2.24, 2.45) is 0 Å². The van der Waals surface area contributed by atoms with Gasteiger partial charge in [0.05, 0.1) is 26.7 Å². The zero-order chi connectivity index (χ0) is 21.1. The number of hydrogen-bond acceptors (Lipinski definition) is 4. The maximum Gasteiger partial charge on any atom is 0.280 e. The van der Waals surface area contributed by atoms with Gasteiger partial charge < -0.3 is 4.42 Å². The number of benzene rings is 2. The van der Waals surface area contributed by atoms with Crippen molar-refractivity contribution in [1.29, 1.82) is 0 Å². The maximum absolute atomic E-state index is 13.0. The van der Waals surface area contributed by atoms with Gasteiger partial charge in [0.15, 0.2) is 0 Å². The molecular formula is C23H19N3O4. The van der Waals surface area contributed by atoms with Gasteiger partial charge >= 0.3 is 0 Å². The van der Waals surface area contributed by atoms with E-state index >= 15 is 0 Å². The molecule has 0 spiro atoms. The molecular weight excluding hydrogens is 382 g/mol. The van der Waals surface area contributed by atoms with Crippen molar-refractivity contribution >= 4 is 17.8 Å². The summed E-state index contributed by atoms with van der Waals surface area (Å²) >= 11 is 0. The molecule has 0 amide bonds. The lowest BCUT2D eigenvalue weighted by atomic mass is 10.1. The SMILES string of the molecule is CCC=c1[nH]n(-c2ccccc2)c(=O)c1=Cc1ccc(-c2ccccc2[N+](=O)[O-])o1. The quantitative estimate of drug-likeness (QED) is 0.410. The number of nitrogens with one attached hydrogen (secondary N) is 1. The lowest BCUT2D eigenvalue weighted by Gasteiger charge is -1.99. The summed E-state index contributed by atoms with van der Waals surface area (Å²) in [6.45, 7) is 1.99. The molecule has 0 saturated carbocycles. The number of nitro benzene ring substituents is 1. The summed E-state index contributed by atoms with van der Waals surface area (Å²) in [4.78, 5) is 23.9. The summed E-state index contributed by atoms with van der Waals surface area (Å²) in [7, 11) is 0. The molecule has 1 N–H and O–H groups in total. The van der Waals surface area contributed by atoms with Crippen LogP contribution in [0.3, 0.4) is 0 Å². The summed E-state index contributed by atoms with van der Waals surface area (Å²) in [5, 5.41) is 15.6.